The molecular formula is C12H12ClFN2O. The first-order chi connectivity index (χ1) is 8.15. The zero-order valence-corrected chi connectivity index (χ0v) is 10.3. The highest BCUT2D eigenvalue weighted by atomic mass is 35.5. The summed E-state index contributed by atoms with van der Waals surface area (Å²) >= 11 is 6.02. The number of anilines is 1. The van der Waals surface area contributed by atoms with Crippen molar-refractivity contribution in [2.75, 3.05) is 19.5 Å². The van der Waals surface area contributed by atoms with Gasteiger partial charge in [-0.1, -0.05) is 11.6 Å². The Kier molecular flexibility index (Phi) is 3.45. The van der Waals surface area contributed by atoms with E-state index in [-0.39, 0.29) is 0 Å². The minimum Gasteiger partial charge on any atom is -0.387 e. The number of benzene rings is 1. The van der Waals surface area contributed by atoms with Crippen molar-refractivity contribution in [2.45, 2.75) is 6.61 Å². The number of pyridine rings is 1. The van der Waals surface area contributed by atoms with Crippen molar-refractivity contribution in [3.63, 3.8) is 0 Å². The molecule has 0 bridgehead atoms. The maximum absolute atomic E-state index is 13.3. The summed E-state index contributed by atoms with van der Waals surface area (Å²) in [5.41, 5.74) is 2.06. The second-order valence-electron chi connectivity index (χ2n) is 3.63. The molecule has 0 aliphatic heterocycles. The van der Waals surface area contributed by atoms with Crippen molar-refractivity contribution in [1.29, 1.82) is 0 Å². The van der Waals surface area contributed by atoms with Gasteiger partial charge >= 0.3 is 0 Å². The topological polar surface area (TPSA) is 34.1 Å². The average Bonchev–Trinajstić information content (AvgIpc) is 2.27. The van der Waals surface area contributed by atoms with Crippen LogP contribution < -0.4 is 5.32 Å². The summed E-state index contributed by atoms with van der Waals surface area (Å²) in [7, 11) is 3.37. The molecule has 0 aliphatic carbocycles. The van der Waals surface area contributed by atoms with Gasteiger partial charge in [-0.25, -0.2) is 4.39 Å². The van der Waals surface area contributed by atoms with Crippen molar-refractivity contribution in [3.8, 4) is 0 Å². The first kappa shape index (κ1) is 12.1. The quantitative estimate of drug-likeness (QED) is 0.913. The summed E-state index contributed by atoms with van der Waals surface area (Å²) in [4.78, 5) is 4.31. The Bertz CT molecular complexity index is 560. The van der Waals surface area contributed by atoms with Crippen LogP contribution in [-0.4, -0.2) is 19.1 Å². The van der Waals surface area contributed by atoms with E-state index in [1.165, 1.54) is 12.1 Å². The molecule has 3 nitrogen and oxygen atoms in total. The van der Waals surface area contributed by atoms with Crippen LogP contribution >= 0.6 is 11.6 Å². The van der Waals surface area contributed by atoms with Crippen LogP contribution in [0.2, 0.25) is 5.02 Å². The maximum atomic E-state index is 13.3. The average molecular weight is 255 g/mol. The number of fused-ring (bicyclic) bond motifs is 1. The summed E-state index contributed by atoms with van der Waals surface area (Å²) in [6.07, 6.45) is 0. The summed E-state index contributed by atoms with van der Waals surface area (Å²) in [5, 5.41) is 4.09. The van der Waals surface area contributed by atoms with E-state index in [4.69, 9.17) is 16.3 Å². The second kappa shape index (κ2) is 4.85. The van der Waals surface area contributed by atoms with Gasteiger partial charge in [0.2, 0.25) is 0 Å². The third-order valence-corrected chi connectivity index (χ3v) is 2.74. The highest BCUT2D eigenvalue weighted by Crippen LogP contribution is 2.31. The minimum absolute atomic E-state index is 0.348. The smallest absolute Gasteiger partial charge is 0.126 e. The van der Waals surface area contributed by atoms with Gasteiger partial charge in [-0.05, 0) is 12.1 Å². The summed E-state index contributed by atoms with van der Waals surface area (Å²) in [6.45, 7) is 0.374. The van der Waals surface area contributed by atoms with E-state index >= 15 is 0 Å². The van der Waals surface area contributed by atoms with E-state index in [0.717, 1.165) is 16.8 Å². The molecule has 2 aromatic rings. The Morgan fingerprint density at radius 3 is 2.82 bits per heavy atom. The second-order valence-corrected chi connectivity index (χ2v) is 4.03. The van der Waals surface area contributed by atoms with E-state index in [1.54, 1.807) is 14.2 Å². The number of ether oxygens (including phenoxy) is 1. The lowest BCUT2D eigenvalue weighted by Crippen LogP contribution is -1.98. The number of aromatic nitrogens is 1. The van der Waals surface area contributed by atoms with Gasteiger partial charge in [-0.2, -0.15) is 0 Å². The van der Waals surface area contributed by atoms with Gasteiger partial charge in [0.1, 0.15) is 5.82 Å². The van der Waals surface area contributed by atoms with Crippen LogP contribution in [0.4, 0.5) is 10.1 Å². The molecule has 0 saturated carbocycles. The Morgan fingerprint density at radius 1 is 1.41 bits per heavy atom. The molecule has 0 atom stereocenters. The van der Waals surface area contributed by atoms with Crippen molar-refractivity contribution >= 4 is 28.2 Å². The molecule has 17 heavy (non-hydrogen) atoms. The maximum Gasteiger partial charge on any atom is 0.126 e. The van der Waals surface area contributed by atoms with E-state index in [1.807, 2.05) is 6.07 Å². The van der Waals surface area contributed by atoms with Crippen LogP contribution in [0.5, 0.6) is 0 Å². The van der Waals surface area contributed by atoms with Crippen molar-refractivity contribution in [3.05, 3.63) is 34.7 Å². The zero-order chi connectivity index (χ0) is 12.4. The Balaban J connectivity index is 2.73. The molecule has 0 aliphatic rings. The van der Waals surface area contributed by atoms with Crippen molar-refractivity contribution < 1.29 is 9.13 Å². The number of rotatable bonds is 3. The van der Waals surface area contributed by atoms with Crippen LogP contribution in [0.1, 0.15) is 5.69 Å². The summed E-state index contributed by atoms with van der Waals surface area (Å²) < 4.78 is 18.3. The highest BCUT2D eigenvalue weighted by Gasteiger charge is 2.10. The molecule has 90 valence electrons. The number of hydrogen-bond donors (Lipinski definition) is 1. The van der Waals surface area contributed by atoms with E-state index in [9.17, 15) is 4.39 Å². The van der Waals surface area contributed by atoms with Gasteiger partial charge in [0.25, 0.3) is 0 Å². The molecule has 0 unspecified atom stereocenters. The molecule has 5 heteroatoms. The highest BCUT2D eigenvalue weighted by molar-refractivity contribution is 6.36. The lowest BCUT2D eigenvalue weighted by atomic mass is 10.1. The van der Waals surface area contributed by atoms with E-state index in [0.29, 0.717) is 17.1 Å². The largest absolute Gasteiger partial charge is 0.387 e. The first-order valence-electron chi connectivity index (χ1n) is 5.11. The Labute approximate surface area is 104 Å². The number of methoxy groups -OCH3 is 1. The van der Waals surface area contributed by atoms with Crippen molar-refractivity contribution in [1.82, 2.24) is 4.98 Å². The molecule has 1 N–H and O–H groups in total. The van der Waals surface area contributed by atoms with E-state index in [2.05, 4.69) is 10.3 Å². The fraction of sp³-hybridized carbons (Fsp3) is 0.250. The van der Waals surface area contributed by atoms with Gasteiger partial charge < -0.3 is 10.1 Å². The molecule has 0 spiro atoms. The van der Waals surface area contributed by atoms with Crippen LogP contribution in [0, 0.1) is 5.82 Å². The van der Waals surface area contributed by atoms with Crippen LogP contribution in [0.25, 0.3) is 10.9 Å². The molecule has 0 radical (unpaired) electrons. The van der Waals surface area contributed by atoms with Gasteiger partial charge in [0, 0.05) is 31.3 Å². The molecule has 1 aromatic carbocycles. The SMILES string of the molecule is CNc1cc(COC)nc2cc(F)cc(Cl)c12. The lowest BCUT2D eigenvalue weighted by molar-refractivity contribution is 0.182. The van der Waals surface area contributed by atoms with Gasteiger partial charge in [0.05, 0.1) is 22.8 Å². The molecule has 0 amide bonds. The number of hydrogen-bond acceptors (Lipinski definition) is 3. The number of nitrogens with zero attached hydrogens (tertiary/aromatic N) is 1. The summed E-state index contributed by atoms with van der Waals surface area (Å²) in [6, 6.07) is 4.49. The Hall–Kier alpha value is -1.39. The molecule has 2 rings (SSSR count). The fourth-order valence-electron chi connectivity index (χ4n) is 1.76. The third-order valence-electron chi connectivity index (χ3n) is 2.44. The predicted octanol–water partition coefficient (Wildman–Crippen LogP) is 3.22. The lowest BCUT2D eigenvalue weighted by Gasteiger charge is -2.10. The van der Waals surface area contributed by atoms with Gasteiger partial charge in [-0.3, -0.25) is 4.98 Å². The molecule has 0 saturated heterocycles. The predicted molar refractivity (Wildman–Crippen MR) is 67.0 cm³/mol. The van der Waals surface area contributed by atoms with Crippen molar-refractivity contribution in [2.24, 2.45) is 0 Å². The minimum atomic E-state index is -0.397. The van der Waals surface area contributed by atoms with Crippen LogP contribution in [0.15, 0.2) is 18.2 Å². The third kappa shape index (κ3) is 2.33. The number of nitrogens with one attached hydrogen (secondary N) is 1. The first-order valence-corrected chi connectivity index (χ1v) is 5.49. The normalized spacial score (nSPS) is 10.8. The summed E-state index contributed by atoms with van der Waals surface area (Å²) in [5.74, 6) is -0.397. The fourth-order valence-corrected chi connectivity index (χ4v) is 2.06. The van der Waals surface area contributed by atoms with Crippen LogP contribution in [0.3, 0.4) is 0 Å². The van der Waals surface area contributed by atoms with Gasteiger partial charge in [-0.15, -0.1) is 0 Å². The zero-order valence-electron chi connectivity index (χ0n) is 9.55. The van der Waals surface area contributed by atoms with E-state index < -0.39 is 5.82 Å². The Morgan fingerprint density at radius 2 is 2.18 bits per heavy atom. The monoisotopic (exact) mass is 254 g/mol. The van der Waals surface area contributed by atoms with Gasteiger partial charge in [0.15, 0.2) is 0 Å². The molecule has 0 fully saturated rings. The number of halogens is 2. The standard InChI is InChI=1S/C12H12ClFN2O/c1-15-10-5-8(6-17-2)16-11-4-7(14)3-9(13)12(10)11/h3-5H,6H2,1-2H3,(H,15,16). The molecule has 1 aromatic heterocycles. The van der Waals surface area contributed by atoms with Crippen LogP contribution in [-0.2, 0) is 11.3 Å². The molecular weight excluding hydrogens is 243 g/mol. The molecule has 1 heterocycles.